The van der Waals surface area contributed by atoms with Crippen LogP contribution in [0.25, 0.3) is 0 Å². The van der Waals surface area contributed by atoms with Crippen LogP contribution >= 0.6 is 0 Å². The van der Waals surface area contributed by atoms with Crippen molar-refractivity contribution >= 4 is 11.6 Å². The zero-order valence-corrected chi connectivity index (χ0v) is 14.6. The summed E-state index contributed by atoms with van der Waals surface area (Å²) < 4.78 is 7.22. The summed E-state index contributed by atoms with van der Waals surface area (Å²) in [7, 11) is 0. The van der Waals surface area contributed by atoms with Gasteiger partial charge in [0.2, 0.25) is 5.91 Å². The smallest absolute Gasteiger partial charge is 0.310 e. The van der Waals surface area contributed by atoms with Crippen molar-refractivity contribution in [2.75, 3.05) is 6.61 Å². The van der Waals surface area contributed by atoms with Crippen molar-refractivity contribution in [2.45, 2.75) is 39.8 Å². The summed E-state index contributed by atoms with van der Waals surface area (Å²) in [6.45, 7) is 6.44. The van der Waals surface area contributed by atoms with E-state index < -0.39 is 4.92 Å². The van der Waals surface area contributed by atoms with E-state index in [1.807, 2.05) is 31.5 Å². The van der Waals surface area contributed by atoms with Gasteiger partial charge in [-0.3, -0.25) is 19.6 Å². The lowest BCUT2D eigenvalue weighted by Gasteiger charge is -2.15. The zero-order valence-electron chi connectivity index (χ0n) is 14.6. The lowest BCUT2D eigenvalue weighted by molar-refractivity contribution is -0.385. The van der Waals surface area contributed by atoms with Crippen LogP contribution in [0.1, 0.15) is 24.7 Å². The second kappa shape index (κ2) is 8.27. The van der Waals surface area contributed by atoms with Gasteiger partial charge < -0.3 is 10.1 Å². The minimum Gasteiger partial charge on any atom is -0.486 e. The number of hydrogen-bond donors (Lipinski definition) is 1. The third-order valence-corrected chi connectivity index (χ3v) is 3.61. The largest absolute Gasteiger partial charge is 0.486 e. The molecule has 134 valence electrons. The van der Waals surface area contributed by atoms with E-state index in [1.54, 1.807) is 12.1 Å². The second-order valence-electron chi connectivity index (χ2n) is 5.90. The maximum atomic E-state index is 12.0. The number of nitro groups is 1. The number of amides is 1. The molecule has 1 N–H and O–H groups in total. The molecule has 0 fully saturated rings. The predicted octanol–water partition coefficient (Wildman–Crippen LogP) is 2.38. The topological polar surface area (TPSA) is 99.3 Å². The maximum absolute atomic E-state index is 12.0. The van der Waals surface area contributed by atoms with Crippen LogP contribution in [0.5, 0.6) is 5.75 Å². The number of benzene rings is 1. The first-order chi connectivity index (χ1) is 11.9. The summed E-state index contributed by atoms with van der Waals surface area (Å²) in [6, 6.07) is 8.00. The third kappa shape index (κ3) is 5.30. The van der Waals surface area contributed by atoms with E-state index in [4.69, 9.17) is 4.74 Å². The van der Waals surface area contributed by atoms with Gasteiger partial charge in [0.05, 0.1) is 30.2 Å². The first-order valence-corrected chi connectivity index (χ1v) is 8.03. The number of nitrogens with zero attached hydrogens (tertiary/aromatic N) is 3. The molecule has 0 aliphatic heterocycles. The third-order valence-electron chi connectivity index (χ3n) is 3.61. The van der Waals surface area contributed by atoms with Crippen molar-refractivity contribution in [1.82, 2.24) is 15.1 Å². The Kier molecular flexibility index (Phi) is 6.10. The van der Waals surface area contributed by atoms with Crippen LogP contribution < -0.4 is 10.1 Å². The SMILES string of the molecule is Cc1cc(C)n(C[C@@H](C)NC(=O)CCOc2ccccc2[N+](=O)[O-])n1. The van der Waals surface area contributed by atoms with Crippen molar-refractivity contribution in [3.05, 3.63) is 51.8 Å². The van der Waals surface area contributed by atoms with Crippen LogP contribution in [0, 0.1) is 24.0 Å². The molecule has 1 aromatic carbocycles. The molecule has 0 radical (unpaired) electrons. The average Bonchev–Trinajstić information content (AvgIpc) is 2.84. The van der Waals surface area contributed by atoms with Gasteiger partial charge in [0.1, 0.15) is 0 Å². The summed E-state index contributed by atoms with van der Waals surface area (Å²) in [6.07, 6.45) is 0.119. The van der Waals surface area contributed by atoms with Gasteiger partial charge in [-0.15, -0.1) is 0 Å². The van der Waals surface area contributed by atoms with Gasteiger partial charge in [-0.05, 0) is 32.9 Å². The fourth-order valence-corrected chi connectivity index (χ4v) is 2.50. The molecule has 2 aromatic rings. The molecule has 0 saturated carbocycles. The average molecular weight is 346 g/mol. The molecule has 0 aliphatic rings. The summed E-state index contributed by atoms with van der Waals surface area (Å²) in [4.78, 5) is 22.4. The van der Waals surface area contributed by atoms with Gasteiger partial charge in [-0.2, -0.15) is 5.10 Å². The van der Waals surface area contributed by atoms with Gasteiger partial charge in [0, 0.05) is 17.8 Å². The van der Waals surface area contributed by atoms with Crippen LogP contribution in [-0.4, -0.2) is 33.3 Å². The molecule has 0 bridgehead atoms. The molecular formula is C17H22N4O4. The first kappa shape index (κ1) is 18.4. The molecule has 0 saturated heterocycles. The highest BCUT2D eigenvalue weighted by Gasteiger charge is 2.15. The Labute approximate surface area is 145 Å². The molecule has 1 amide bonds. The van der Waals surface area contributed by atoms with E-state index in [0.29, 0.717) is 6.54 Å². The predicted molar refractivity (Wildman–Crippen MR) is 92.5 cm³/mol. The number of nitrogens with one attached hydrogen (secondary N) is 1. The summed E-state index contributed by atoms with van der Waals surface area (Å²) in [5.41, 5.74) is 1.87. The fourth-order valence-electron chi connectivity index (χ4n) is 2.50. The first-order valence-electron chi connectivity index (χ1n) is 8.03. The monoisotopic (exact) mass is 346 g/mol. The summed E-state index contributed by atoms with van der Waals surface area (Å²) >= 11 is 0. The highest BCUT2D eigenvalue weighted by atomic mass is 16.6. The van der Waals surface area contributed by atoms with Gasteiger partial charge in [0.15, 0.2) is 5.75 Å². The number of aromatic nitrogens is 2. The molecule has 2 rings (SSSR count). The van der Waals surface area contributed by atoms with Gasteiger partial charge >= 0.3 is 5.69 Å². The number of nitro benzene ring substituents is 1. The number of hydrogen-bond acceptors (Lipinski definition) is 5. The number of carbonyl (C=O) groups excluding carboxylic acids is 1. The summed E-state index contributed by atoms with van der Waals surface area (Å²) in [5.74, 6) is -0.0106. The van der Waals surface area contributed by atoms with Crippen molar-refractivity contribution in [2.24, 2.45) is 0 Å². The van der Waals surface area contributed by atoms with Crippen molar-refractivity contribution in [3.8, 4) is 5.75 Å². The number of carbonyl (C=O) groups is 1. The highest BCUT2D eigenvalue weighted by molar-refractivity contribution is 5.76. The van der Waals surface area contributed by atoms with Crippen LogP contribution in [0.3, 0.4) is 0 Å². The number of ether oxygens (including phenoxy) is 1. The molecule has 1 aromatic heterocycles. The lowest BCUT2D eigenvalue weighted by atomic mass is 10.3. The van der Waals surface area contributed by atoms with E-state index in [1.165, 1.54) is 12.1 Å². The Hall–Kier alpha value is -2.90. The van der Waals surface area contributed by atoms with Crippen LogP contribution in [0.2, 0.25) is 0 Å². The van der Waals surface area contributed by atoms with Crippen molar-refractivity contribution < 1.29 is 14.5 Å². The molecule has 25 heavy (non-hydrogen) atoms. The highest BCUT2D eigenvalue weighted by Crippen LogP contribution is 2.25. The standard InChI is InChI=1S/C17H22N4O4/c1-12-10-14(3)20(19-12)11-13(2)18-17(22)8-9-25-16-7-5-4-6-15(16)21(23)24/h4-7,10,13H,8-9,11H2,1-3H3,(H,18,22)/t13-/m1/s1. The Morgan fingerprint density at radius 2 is 2.12 bits per heavy atom. The zero-order chi connectivity index (χ0) is 18.4. The molecule has 1 atom stereocenters. The van der Waals surface area contributed by atoms with Gasteiger partial charge in [0.25, 0.3) is 0 Å². The van der Waals surface area contributed by atoms with Crippen LogP contribution in [0.4, 0.5) is 5.69 Å². The molecule has 1 heterocycles. The Morgan fingerprint density at radius 1 is 1.40 bits per heavy atom. The van der Waals surface area contributed by atoms with E-state index >= 15 is 0 Å². The normalized spacial score (nSPS) is 11.8. The van der Waals surface area contributed by atoms with E-state index in [9.17, 15) is 14.9 Å². The Bertz CT molecular complexity index is 757. The van der Waals surface area contributed by atoms with E-state index in [-0.39, 0.29) is 36.4 Å². The van der Waals surface area contributed by atoms with Crippen molar-refractivity contribution in [1.29, 1.82) is 0 Å². The minimum absolute atomic E-state index is 0.0727. The molecule has 0 aliphatic carbocycles. The maximum Gasteiger partial charge on any atom is 0.310 e. The van der Waals surface area contributed by atoms with Crippen LogP contribution in [0.15, 0.2) is 30.3 Å². The van der Waals surface area contributed by atoms with Gasteiger partial charge in [-0.1, -0.05) is 12.1 Å². The minimum atomic E-state index is -0.508. The lowest BCUT2D eigenvalue weighted by Crippen LogP contribution is -2.36. The molecule has 0 unspecified atom stereocenters. The Morgan fingerprint density at radius 3 is 2.76 bits per heavy atom. The molecule has 0 spiro atoms. The van der Waals surface area contributed by atoms with Gasteiger partial charge in [-0.25, -0.2) is 0 Å². The van der Waals surface area contributed by atoms with Crippen molar-refractivity contribution in [3.63, 3.8) is 0 Å². The fraction of sp³-hybridized carbons (Fsp3) is 0.412. The second-order valence-corrected chi connectivity index (χ2v) is 5.90. The number of aryl methyl sites for hydroxylation is 2. The summed E-state index contributed by atoms with van der Waals surface area (Å²) in [5, 5.41) is 18.1. The quantitative estimate of drug-likeness (QED) is 0.584. The number of rotatable bonds is 8. The number of para-hydroxylation sites is 2. The molecule has 8 heteroatoms. The van der Waals surface area contributed by atoms with E-state index in [0.717, 1.165) is 11.4 Å². The van der Waals surface area contributed by atoms with E-state index in [2.05, 4.69) is 10.4 Å². The molecular weight excluding hydrogens is 324 g/mol. The van der Waals surface area contributed by atoms with Crippen LogP contribution in [-0.2, 0) is 11.3 Å². The Balaban J connectivity index is 1.79. The molecule has 8 nitrogen and oxygen atoms in total.